The molecule has 1 aliphatic rings. The molecule has 9 heteroatoms. The minimum absolute atomic E-state index is 0.0868. The fraction of sp³-hybridized carbons (Fsp3) is 0.471. The topological polar surface area (TPSA) is 84.2 Å². The third-order valence-electron chi connectivity index (χ3n) is 4.23. The predicted octanol–water partition coefficient (Wildman–Crippen LogP) is 0.920. The first-order valence-electron chi connectivity index (χ1n) is 8.55. The van der Waals surface area contributed by atoms with Gasteiger partial charge >= 0.3 is 0 Å². The summed E-state index contributed by atoms with van der Waals surface area (Å²) in [5.41, 5.74) is 0.319. The quantitative estimate of drug-likeness (QED) is 0.810. The smallest absolute Gasteiger partial charge is 0.254 e. The number of halogens is 1. The fourth-order valence-electron chi connectivity index (χ4n) is 2.76. The van der Waals surface area contributed by atoms with Gasteiger partial charge in [0.1, 0.15) is 5.82 Å². The van der Waals surface area contributed by atoms with Crippen LogP contribution in [0.25, 0.3) is 0 Å². The maximum absolute atomic E-state index is 13.3. The highest BCUT2D eigenvalue weighted by Gasteiger charge is 2.25. The second-order valence-electron chi connectivity index (χ2n) is 6.48. The normalized spacial score (nSPS) is 14.8. The van der Waals surface area contributed by atoms with E-state index in [-0.39, 0.29) is 24.3 Å². The molecule has 0 saturated carbocycles. The second-order valence-corrected chi connectivity index (χ2v) is 6.48. The van der Waals surface area contributed by atoms with Gasteiger partial charge < -0.3 is 9.80 Å². The number of carbonyl (C=O) groups excluding carboxylic acids is 2. The van der Waals surface area contributed by atoms with E-state index >= 15 is 0 Å². The molecule has 0 spiro atoms. The first-order valence-corrected chi connectivity index (χ1v) is 8.55. The van der Waals surface area contributed by atoms with Crippen molar-refractivity contribution in [2.45, 2.75) is 26.3 Å². The Morgan fingerprint density at radius 2 is 1.85 bits per heavy atom. The molecule has 138 valence electrons. The van der Waals surface area contributed by atoms with Crippen LogP contribution in [-0.2, 0) is 11.2 Å². The minimum atomic E-state index is -0.438. The summed E-state index contributed by atoms with van der Waals surface area (Å²) in [5, 5.41) is 12.0. The van der Waals surface area contributed by atoms with Crippen LogP contribution in [0.2, 0.25) is 0 Å². The van der Waals surface area contributed by atoms with Crippen molar-refractivity contribution in [1.82, 2.24) is 30.0 Å². The molecule has 0 radical (unpaired) electrons. The molecule has 2 aromatic rings. The van der Waals surface area contributed by atoms with E-state index in [1.807, 2.05) is 13.8 Å². The molecule has 0 aliphatic carbocycles. The molecule has 1 aliphatic heterocycles. The first-order chi connectivity index (χ1) is 12.4. The minimum Gasteiger partial charge on any atom is -0.339 e. The van der Waals surface area contributed by atoms with Gasteiger partial charge in [-0.2, -0.15) is 4.80 Å². The Balaban J connectivity index is 1.54. The average Bonchev–Trinajstić information content (AvgIpc) is 3.10. The molecule has 1 fully saturated rings. The van der Waals surface area contributed by atoms with Crippen LogP contribution in [-0.4, -0.2) is 68.0 Å². The number of tetrazole rings is 1. The Morgan fingerprint density at radius 1 is 1.15 bits per heavy atom. The second kappa shape index (κ2) is 7.59. The molecule has 1 saturated heterocycles. The van der Waals surface area contributed by atoms with E-state index < -0.39 is 5.82 Å². The molecule has 0 N–H and O–H groups in total. The maximum Gasteiger partial charge on any atom is 0.254 e. The van der Waals surface area contributed by atoms with Crippen molar-refractivity contribution in [2.75, 3.05) is 26.2 Å². The predicted molar refractivity (Wildman–Crippen MR) is 90.8 cm³/mol. The van der Waals surface area contributed by atoms with E-state index in [4.69, 9.17) is 0 Å². The fourth-order valence-corrected chi connectivity index (χ4v) is 2.76. The zero-order valence-corrected chi connectivity index (χ0v) is 14.8. The van der Waals surface area contributed by atoms with Crippen molar-refractivity contribution in [1.29, 1.82) is 0 Å². The molecular weight excluding hydrogens is 339 g/mol. The molecule has 26 heavy (non-hydrogen) atoms. The van der Waals surface area contributed by atoms with Crippen LogP contribution >= 0.6 is 0 Å². The van der Waals surface area contributed by atoms with E-state index in [2.05, 4.69) is 15.4 Å². The van der Waals surface area contributed by atoms with Gasteiger partial charge in [0.25, 0.3) is 5.91 Å². The summed E-state index contributed by atoms with van der Waals surface area (Å²) >= 11 is 0. The number of rotatable bonds is 4. The summed E-state index contributed by atoms with van der Waals surface area (Å²) < 4.78 is 13.3. The van der Waals surface area contributed by atoms with Crippen molar-refractivity contribution in [2.24, 2.45) is 0 Å². The highest BCUT2D eigenvalue weighted by molar-refractivity contribution is 5.94. The van der Waals surface area contributed by atoms with Crippen LogP contribution in [0.1, 0.15) is 36.1 Å². The van der Waals surface area contributed by atoms with Crippen LogP contribution < -0.4 is 0 Å². The lowest BCUT2D eigenvalue weighted by molar-refractivity contribution is -0.132. The van der Waals surface area contributed by atoms with Gasteiger partial charge in [-0.3, -0.25) is 9.59 Å². The summed E-state index contributed by atoms with van der Waals surface area (Å²) in [6, 6.07) is 5.72. The van der Waals surface area contributed by atoms with Crippen molar-refractivity contribution in [3.05, 3.63) is 41.5 Å². The summed E-state index contributed by atoms with van der Waals surface area (Å²) in [5.74, 6) is -0.363. The van der Waals surface area contributed by atoms with Gasteiger partial charge in [0.2, 0.25) is 5.91 Å². The Hall–Kier alpha value is -2.84. The van der Waals surface area contributed by atoms with Crippen molar-refractivity contribution in [3.8, 4) is 0 Å². The Bertz CT molecular complexity index is 798. The molecule has 2 heterocycles. The molecule has 8 nitrogen and oxygen atoms in total. The van der Waals surface area contributed by atoms with Gasteiger partial charge in [0.15, 0.2) is 5.82 Å². The van der Waals surface area contributed by atoms with Gasteiger partial charge in [-0.25, -0.2) is 4.39 Å². The van der Waals surface area contributed by atoms with E-state index in [1.165, 1.54) is 23.0 Å². The van der Waals surface area contributed by atoms with Crippen LogP contribution in [0.4, 0.5) is 4.39 Å². The third kappa shape index (κ3) is 4.04. The largest absolute Gasteiger partial charge is 0.339 e. The lowest BCUT2D eigenvalue weighted by Crippen LogP contribution is -2.51. The lowest BCUT2D eigenvalue weighted by atomic mass is 10.1. The standard InChI is InChI=1S/C17H21FN6O2/c1-12(2)24-20-15(19-21-24)11-16(25)22-6-8-23(9-7-22)17(26)13-4-3-5-14(18)10-13/h3-5,10,12H,6-9,11H2,1-2H3. The zero-order valence-electron chi connectivity index (χ0n) is 14.8. The van der Waals surface area contributed by atoms with Crippen LogP contribution in [0.15, 0.2) is 24.3 Å². The van der Waals surface area contributed by atoms with Gasteiger partial charge in [-0.1, -0.05) is 6.07 Å². The number of benzene rings is 1. The highest BCUT2D eigenvalue weighted by Crippen LogP contribution is 2.11. The Morgan fingerprint density at radius 3 is 2.46 bits per heavy atom. The Kier molecular flexibility index (Phi) is 5.24. The molecule has 1 aromatic heterocycles. The number of hydrogen-bond donors (Lipinski definition) is 0. The highest BCUT2D eigenvalue weighted by atomic mass is 19.1. The first kappa shape index (κ1) is 18.0. The van der Waals surface area contributed by atoms with Crippen LogP contribution in [0, 0.1) is 5.82 Å². The van der Waals surface area contributed by atoms with Crippen molar-refractivity contribution < 1.29 is 14.0 Å². The molecule has 0 bridgehead atoms. The molecule has 1 aromatic carbocycles. The number of carbonyl (C=O) groups is 2. The molecule has 0 atom stereocenters. The molecular formula is C17H21FN6O2. The summed E-state index contributed by atoms with van der Waals surface area (Å²) in [6.07, 6.45) is 0.0879. The summed E-state index contributed by atoms with van der Waals surface area (Å²) in [6.45, 7) is 5.54. The third-order valence-corrected chi connectivity index (χ3v) is 4.23. The Labute approximate surface area is 150 Å². The van der Waals surface area contributed by atoms with E-state index in [9.17, 15) is 14.0 Å². The number of amides is 2. The van der Waals surface area contributed by atoms with Crippen molar-refractivity contribution in [3.63, 3.8) is 0 Å². The van der Waals surface area contributed by atoms with Crippen LogP contribution in [0.5, 0.6) is 0 Å². The average molecular weight is 360 g/mol. The number of hydrogen-bond acceptors (Lipinski definition) is 5. The van der Waals surface area contributed by atoms with Gasteiger partial charge in [-0.05, 0) is 37.3 Å². The summed E-state index contributed by atoms with van der Waals surface area (Å²) in [7, 11) is 0. The van der Waals surface area contributed by atoms with E-state index in [1.54, 1.807) is 15.9 Å². The number of aromatic nitrogens is 4. The van der Waals surface area contributed by atoms with Gasteiger partial charge in [0.05, 0.1) is 12.5 Å². The molecule has 3 rings (SSSR count). The monoisotopic (exact) mass is 360 g/mol. The van der Waals surface area contributed by atoms with Crippen LogP contribution in [0.3, 0.4) is 0 Å². The molecule has 0 unspecified atom stereocenters. The lowest BCUT2D eigenvalue weighted by Gasteiger charge is -2.34. The molecule has 2 amide bonds. The number of piperazine rings is 1. The zero-order chi connectivity index (χ0) is 18.7. The van der Waals surface area contributed by atoms with Gasteiger partial charge in [-0.15, -0.1) is 10.2 Å². The van der Waals surface area contributed by atoms with Crippen molar-refractivity contribution >= 4 is 11.8 Å². The maximum atomic E-state index is 13.3. The van der Waals surface area contributed by atoms with Gasteiger partial charge in [0, 0.05) is 31.7 Å². The SMILES string of the molecule is CC(C)n1nnc(CC(=O)N2CCN(C(=O)c3cccc(F)c3)CC2)n1. The number of nitrogens with zero attached hydrogens (tertiary/aromatic N) is 6. The van der Waals surface area contributed by atoms with E-state index in [0.717, 1.165) is 0 Å². The van der Waals surface area contributed by atoms with E-state index in [0.29, 0.717) is 37.6 Å². The summed E-state index contributed by atoms with van der Waals surface area (Å²) in [4.78, 5) is 29.6.